The second kappa shape index (κ2) is 13.1. The van der Waals surface area contributed by atoms with Gasteiger partial charge in [-0.3, -0.25) is 9.69 Å². The molecule has 2 aromatic heterocycles. The number of ether oxygens (including phenoxy) is 2. The molecule has 1 aliphatic carbocycles. The molecule has 6 nitrogen and oxygen atoms in total. The second-order valence-corrected chi connectivity index (χ2v) is 14.3. The van der Waals surface area contributed by atoms with Gasteiger partial charge in [0.1, 0.15) is 6.61 Å². The number of benzene rings is 1. The zero-order chi connectivity index (χ0) is 30.1. The van der Waals surface area contributed by atoms with Gasteiger partial charge in [-0.1, -0.05) is 37.3 Å². The maximum atomic E-state index is 14.0. The lowest BCUT2D eigenvalue weighted by molar-refractivity contribution is -0.00954. The van der Waals surface area contributed by atoms with Crippen LogP contribution in [0.1, 0.15) is 86.6 Å². The lowest BCUT2D eigenvalue weighted by atomic mass is 9.76. The van der Waals surface area contributed by atoms with Crippen LogP contribution in [-0.2, 0) is 24.3 Å². The van der Waals surface area contributed by atoms with Crippen LogP contribution in [-0.4, -0.2) is 60.1 Å². The summed E-state index contributed by atoms with van der Waals surface area (Å²) in [6.45, 7) is 13.7. The fourth-order valence-corrected chi connectivity index (χ4v) is 9.05. The van der Waals surface area contributed by atoms with E-state index in [9.17, 15) is 4.79 Å². The molecule has 0 bridgehead atoms. The number of fused-ring (bicyclic) bond motifs is 1. The van der Waals surface area contributed by atoms with Gasteiger partial charge in [0, 0.05) is 66.1 Å². The Morgan fingerprint density at radius 2 is 1.81 bits per heavy atom. The smallest absolute Gasteiger partial charge is 0.255 e. The van der Waals surface area contributed by atoms with Crippen LogP contribution in [0, 0.1) is 32.6 Å². The summed E-state index contributed by atoms with van der Waals surface area (Å²) < 4.78 is 11.6. The molecule has 230 valence electrons. The van der Waals surface area contributed by atoms with E-state index >= 15 is 0 Å². The summed E-state index contributed by atoms with van der Waals surface area (Å²) in [5.74, 6) is 2.71. The summed E-state index contributed by atoms with van der Waals surface area (Å²) in [5.41, 5.74) is 6.34. The molecule has 1 saturated carbocycles. The SMILES string of the molecule is COCC1CN(C2CCC([C@@H](C)c3sc4c(c3C)C(=O)N(Cc3c(C)cc(C)nc3OCc3ccccc3)CC4)CC2)C1. The third kappa shape index (κ3) is 6.40. The van der Waals surface area contributed by atoms with Crippen molar-refractivity contribution in [2.45, 2.75) is 84.9 Å². The number of carbonyl (C=O) groups excluding carboxylic acids is 1. The van der Waals surface area contributed by atoms with Crippen molar-refractivity contribution in [1.82, 2.24) is 14.8 Å². The van der Waals surface area contributed by atoms with Gasteiger partial charge in [0.05, 0.1) is 18.7 Å². The van der Waals surface area contributed by atoms with Crippen molar-refractivity contribution in [3.63, 3.8) is 0 Å². The third-order valence-electron chi connectivity index (χ3n) is 10.1. The lowest BCUT2D eigenvalue weighted by Crippen LogP contribution is -2.54. The summed E-state index contributed by atoms with van der Waals surface area (Å²) >= 11 is 1.91. The Labute approximate surface area is 261 Å². The van der Waals surface area contributed by atoms with Crippen molar-refractivity contribution in [3.8, 4) is 5.88 Å². The van der Waals surface area contributed by atoms with Crippen molar-refractivity contribution >= 4 is 17.2 Å². The molecule has 1 aromatic carbocycles. The van der Waals surface area contributed by atoms with E-state index in [1.165, 1.54) is 54.1 Å². The van der Waals surface area contributed by atoms with Gasteiger partial charge in [-0.05, 0) is 81.0 Å². The highest BCUT2D eigenvalue weighted by atomic mass is 32.1. The van der Waals surface area contributed by atoms with E-state index in [0.29, 0.717) is 30.9 Å². The molecule has 0 radical (unpaired) electrons. The fourth-order valence-electron chi connectivity index (χ4n) is 7.62. The number of amides is 1. The van der Waals surface area contributed by atoms with Crippen molar-refractivity contribution < 1.29 is 14.3 Å². The maximum absolute atomic E-state index is 14.0. The first kappa shape index (κ1) is 30.3. The topological polar surface area (TPSA) is 54.9 Å². The van der Waals surface area contributed by atoms with Crippen LogP contribution in [0.2, 0.25) is 0 Å². The van der Waals surface area contributed by atoms with Crippen molar-refractivity contribution in [1.29, 1.82) is 0 Å². The molecular weight excluding hydrogens is 554 g/mol. The molecule has 4 heterocycles. The summed E-state index contributed by atoms with van der Waals surface area (Å²) in [5, 5.41) is 0. The van der Waals surface area contributed by atoms with E-state index in [0.717, 1.165) is 59.5 Å². The van der Waals surface area contributed by atoms with Crippen LogP contribution in [0.4, 0.5) is 0 Å². The minimum atomic E-state index is 0.162. The summed E-state index contributed by atoms with van der Waals surface area (Å²) in [6.07, 6.45) is 6.08. The zero-order valence-corrected chi connectivity index (χ0v) is 27.3. The van der Waals surface area contributed by atoms with Gasteiger partial charge < -0.3 is 14.4 Å². The number of hydrogen-bond acceptors (Lipinski definition) is 6. The average Bonchev–Trinajstić information content (AvgIpc) is 3.33. The highest BCUT2D eigenvalue weighted by Crippen LogP contribution is 2.44. The van der Waals surface area contributed by atoms with Crippen LogP contribution in [0.3, 0.4) is 0 Å². The average molecular weight is 602 g/mol. The number of aryl methyl sites for hydroxylation is 2. The molecular formula is C36H47N3O3S. The van der Waals surface area contributed by atoms with Gasteiger partial charge >= 0.3 is 0 Å². The molecule has 0 spiro atoms. The number of pyridine rings is 1. The molecule has 1 atom stereocenters. The molecule has 3 aliphatic rings. The van der Waals surface area contributed by atoms with Crippen LogP contribution in [0.15, 0.2) is 36.4 Å². The van der Waals surface area contributed by atoms with E-state index in [1.807, 2.05) is 48.5 Å². The molecule has 0 N–H and O–H groups in total. The maximum Gasteiger partial charge on any atom is 0.255 e. The predicted molar refractivity (Wildman–Crippen MR) is 173 cm³/mol. The number of methoxy groups -OCH3 is 1. The summed E-state index contributed by atoms with van der Waals surface area (Å²) in [6, 6.07) is 13.0. The van der Waals surface area contributed by atoms with Gasteiger partial charge in [-0.15, -0.1) is 11.3 Å². The lowest BCUT2D eigenvalue weighted by Gasteiger charge is -2.47. The van der Waals surface area contributed by atoms with Gasteiger partial charge in [-0.25, -0.2) is 4.98 Å². The van der Waals surface area contributed by atoms with Gasteiger partial charge in [0.25, 0.3) is 5.91 Å². The fraction of sp³-hybridized carbons (Fsp3) is 0.556. The van der Waals surface area contributed by atoms with Gasteiger partial charge in [0.2, 0.25) is 5.88 Å². The molecule has 3 aromatic rings. The minimum Gasteiger partial charge on any atom is -0.473 e. The number of carbonyl (C=O) groups is 1. The second-order valence-electron chi connectivity index (χ2n) is 13.1. The molecule has 1 saturated heterocycles. The van der Waals surface area contributed by atoms with Crippen LogP contribution >= 0.6 is 11.3 Å². The van der Waals surface area contributed by atoms with E-state index in [4.69, 9.17) is 14.5 Å². The number of nitrogens with zero attached hydrogens (tertiary/aromatic N) is 3. The van der Waals surface area contributed by atoms with Gasteiger partial charge in [-0.2, -0.15) is 0 Å². The van der Waals surface area contributed by atoms with E-state index in [-0.39, 0.29) is 5.91 Å². The van der Waals surface area contributed by atoms with E-state index in [1.54, 1.807) is 0 Å². The molecule has 1 amide bonds. The quantitative estimate of drug-likeness (QED) is 0.248. The largest absolute Gasteiger partial charge is 0.473 e. The van der Waals surface area contributed by atoms with Gasteiger partial charge in [0.15, 0.2) is 0 Å². The van der Waals surface area contributed by atoms with E-state index < -0.39 is 0 Å². The minimum absolute atomic E-state index is 0.162. The first-order chi connectivity index (χ1) is 20.8. The predicted octanol–water partition coefficient (Wildman–Crippen LogP) is 7.09. The third-order valence-corrected chi connectivity index (χ3v) is 11.7. The Hall–Kier alpha value is -2.74. The highest BCUT2D eigenvalue weighted by molar-refractivity contribution is 7.12. The van der Waals surface area contributed by atoms with Crippen LogP contribution < -0.4 is 4.74 Å². The first-order valence-corrected chi connectivity index (χ1v) is 16.9. The molecule has 7 heteroatoms. The van der Waals surface area contributed by atoms with Crippen LogP contribution in [0.5, 0.6) is 5.88 Å². The van der Waals surface area contributed by atoms with Crippen molar-refractivity contribution in [2.75, 3.05) is 33.4 Å². The number of thiophene rings is 1. The molecule has 0 unspecified atom stereocenters. The number of hydrogen-bond donors (Lipinski definition) is 0. The van der Waals surface area contributed by atoms with E-state index in [2.05, 4.69) is 43.9 Å². The monoisotopic (exact) mass is 601 g/mol. The molecule has 2 aliphatic heterocycles. The Morgan fingerprint density at radius 3 is 2.53 bits per heavy atom. The normalized spacial score (nSPS) is 21.9. The zero-order valence-electron chi connectivity index (χ0n) is 26.5. The molecule has 43 heavy (non-hydrogen) atoms. The highest BCUT2D eigenvalue weighted by Gasteiger charge is 2.37. The van der Waals surface area contributed by atoms with Crippen LogP contribution in [0.25, 0.3) is 0 Å². The molecule has 2 fully saturated rings. The Bertz CT molecular complexity index is 1420. The Morgan fingerprint density at radius 1 is 1.07 bits per heavy atom. The number of rotatable bonds is 10. The standard InChI is InChI=1S/C36H47N3O3S/c1-23-17-24(2)37-35(42-22-27-9-7-6-8-10-27)31(23)20-38-16-15-32-33(36(38)40)26(4)34(43-32)25(3)29-11-13-30(14-12-29)39-18-28(19-39)21-41-5/h6-10,17,25,28-30H,11-16,18-22H2,1-5H3/t25-,29?,30?/m1/s1. The summed E-state index contributed by atoms with van der Waals surface area (Å²) in [7, 11) is 1.81. The number of likely N-dealkylation sites (tertiary alicyclic amines) is 1. The van der Waals surface area contributed by atoms with Crippen molar-refractivity contribution in [3.05, 3.63) is 79.7 Å². The Kier molecular flexibility index (Phi) is 9.22. The summed E-state index contributed by atoms with van der Waals surface area (Å²) in [4.78, 5) is 26.2. The molecule has 6 rings (SSSR count). The van der Waals surface area contributed by atoms with Crippen molar-refractivity contribution in [2.24, 2.45) is 11.8 Å². The Balaban J connectivity index is 1.12. The first-order valence-electron chi connectivity index (χ1n) is 16.1. The number of aromatic nitrogens is 1.